The molecule has 0 saturated carbocycles. The van der Waals surface area contributed by atoms with Gasteiger partial charge in [-0.15, -0.1) is 24.8 Å². The van der Waals surface area contributed by atoms with Crippen LogP contribution in [0.25, 0.3) is 0 Å². The van der Waals surface area contributed by atoms with E-state index in [1.165, 1.54) is 11.1 Å². The zero-order chi connectivity index (χ0) is 13.7. The monoisotopic (exact) mass is 408 g/mol. The summed E-state index contributed by atoms with van der Waals surface area (Å²) >= 11 is -2.88. The molecule has 0 aromatic heterocycles. The molecule has 0 N–H and O–H groups in total. The van der Waals surface area contributed by atoms with Gasteiger partial charge >= 0.3 is 115 Å². The van der Waals surface area contributed by atoms with Crippen LogP contribution in [0.4, 0.5) is 0 Å². The molecule has 0 heterocycles. The van der Waals surface area contributed by atoms with Crippen molar-refractivity contribution in [3.05, 3.63) is 42.0 Å². The van der Waals surface area contributed by atoms with Gasteiger partial charge in [-0.1, -0.05) is 0 Å². The van der Waals surface area contributed by atoms with Crippen LogP contribution in [0.2, 0.25) is 9.26 Å². The van der Waals surface area contributed by atoms with E-state index in [1.54, 1.807) is 6.56 Å². The maximum Gasteiger partial charge on any atom is -0.147 e. The Labute approximate surface area is 139 Å². The van der Waals surface area contributed by atoms with E-state index in [9.17, 15) is 0 Å². The molecule has 2 aliphatic rings. The smallest absolute Gasteiger partial charge is 0.147 e. The first-order chi connectivity index (χ1) is 8.10. The van der Waals surface area contributed by atoms with Crippen molar-refractivity contribution in [2.75, 3.05) is 0 Å². The molecule has 0 fully saturated rings. The summed E-state index contributed by atoms with van der Waals surface area (Å²) in [5.41, 5.74) is 2.92. The average Bonchev–Trinajstić information content (AvgIpc) is 2.70. The molecular weight excluding hydrogens is 382 g/mol. The van der Waals surface area contributed by atoms with Crippen molar-refractivity contribution >= 4 is 31.7 Å². The minimum absolute atomic E-state index is 0. The molecule has 4 heteroatoms. The van der Waals surface area contributed by atoms with Crippen LogP contribution >= 0.6 is 24.8 Å². The Morgan fingerprint density at radius 3 is 1.35 bits per heavy atom. The molecule has 2 aliphatic carbocycles. The van der Waals surface area contributed by atoms with Gasteiger partial charge in [-0.3, -0.25) is 0 Å². The number of halogens is 2. The number of hydrogen-bond donors (Lipinski definition) is 0. The van der Waals surface area contributed by atoms with Gasteiger partial charge in [0.1, 0.15) is 0 Å². The number of rotatable bonds is 2. The summed E-state index contributed by atoms with van der Waals surface area (Å²) in [6.45, 7) is 11.6. The van der Waals surface area contributed by atoms with Crippen LogP contribution in [0.3, 0.4) is 0 Å². The zero-order valence-electron chi connectivity index (χ0n) is 13.5. The van der Waals surface area contributed by atoms with Gasteiger partial charge in [0.05, 0.1) is 0 Å². The zero-order valence-corrected chi connectivity index (χ0v) is 19.0. The van der Waals surface area contributed by atoms with Crippen LogP contribution in [-0.2, 0) is 17.4 Å². The Kier molecular flexibility index (Phi) is 6.61. The van der Waals surface area contributed by atoms with Crippen LogP contribution < -0.4 is 0 Å². The predicted octanol–water partition coefficient (Wildman–Crippen LogP) is 5.12. The number of hydrogen-bond acceptors (Lipinski definition) is 0. The minimum Gasteiger partial charge on any atom is -0.147 e. The van der Waals surface area contributed by atoms with Crippen molar-refractivity contribution in [3.8, 4) is 0 Å². The molecule has 0 bridgehead atoms. The Morgan fingerprint density at radius 2 is 1.15 bits per heavy atom. The maximum atomic E-state index is 2.61. The molecule has 2 atom stereocenters. The minimum atomic E-state index is -2.88. The van der Waals surface area contributed by atoms with E-state index in [0.29, 0.717) is 11.8 Å². The molecule has 2 rings (SSSR count). The predicted molar refractivity (Wildman–Crippen MR) is 96.8 cm³/mol. The normalized spacial score (nSPS) is 25.9. The van der Waals surface area contributed by atoms with Gasteiger partial charge < -0.3 is 0 Å². The van der Waals surface area contributed by atoms with Gasteiger partial charge in [0.15, 0.2) is 0 Å². The van der Waals surface area contributed by atoms with Crippen molar-refractivity contribution in [2.45, 2.75) is 37.0 Å². The van der Waals surface area contributed by atoms with E-state index in [-0.39, 0.29) is 24.8 Å². The van der Waals surface area contributed by atoms with Gasteiger partial charge in [0.25, 0.3) is 0 Å². The summed E-state index contributed by atoms with van der Waals surface area (Å²) in [6.07, 6.45) is 9.85. The van der Waals surface area contributed by atoms with Crippen molar-refractivity contribution < 1.29 is 17.4 Å². The second kappa shape index (κ2) is 6.41. The molecule has 0 nitrogen and oxygen atoms in total. The van der Waals surface area contributed by atoms with E-state index in [1.807, 2.05) is 0 Å². The first kappa shape index (κ1) is 20.6. The van der Waals surface area contributed by atoms with Crippen molar-refractivity contribution in [3.63, 3.8) is 0 Å². The molecule has 0 aromatic rings. The van der Waals surface area contributed by atoms with Gasteiger partial charge in [-0.2, -0.15) is 0 Å². The summed E-state index contributed by atoms with van der Waals surface area (Å²) in [5, 5.41) is 0. The van der Waals surface area contributed by atoms with E-state index >= 15 is 0 Å². The maximum absolute atomic E-state index is 2.88. The largest absolute Gasteiger partial charge is 0.147 e. The molecule has 0 amide bonds. The summed E-state index contributed by atoms with van der Waals surface area (Å²) in [5.74, 6) is 1.30. The molecule has 0 aliphatic heterocycles. The Bertz CT molecular complexity index is 542. The third kappa shape index (κ3) is 3.51. The van der Waals surface area contributed by atoms with Crippen molar-refractivity contribution in [2.24, 2.45) is 11.8 Å². The van der Waals surface area contributed by atoms with Crippen LogP contribution in [0.1, 0.15) is 27.7 Å². The third-order valence-corrected chi connectivity index (χ3v) is 21.5. The Hall–Kier alpha value is 0.640. The third-order valence-electron chi connectivity index (χ3n) is 4.62. The molecule has 0 saturated heterocycles. The summed E-state index contributed by atoms with van der Waals surface area (Å²) < 4.78 is 8.77. The van der Waals surface area contributed by atoms with Crippen LogP contribution in [0.5, 0.6) is 0 Å². The average molecular weight is 411 g/mol. The van der Waals surface area contributed by atoms with Gasteiger partial charge in [0.2, 0.25) is 0 Å². The van der Waals surface area contributed by atoms with E-state index in [2.05, 4.69) is 68.1 Å². The van der Waals surface area contributed by atoms with Gasteiger partial charge in [0, 0.05) is 0 Å². The molecule has 114 valence electrons. The SMILES string of the molecule is CC1=CC(C)[C]([Zr]([CH3])([CH3])(=[SiH2])[C]2=CC(C)=CC2C)=C1.Cl.Cl. The quantitative estimate of drug-likeness (QED) is 0.554. The van der Waals surface area contributed by atoms with Gasteiger partial charge in [-0.25, -0.2) is 0 Å². The fourth-order valence-corrected chi connectivity index (χ4v) is 20.7. The standard InChI is InChI=1S/2C7H9.2CH3.2ClH.H2Si.Zr/c2*1-6-3-4-7(2)5-6;;;;;;/h2*3,5,7H,1-2H3;2*1H3;2*1H;1H2;. The summed E-state index contributed by atoms with van der Waals surface area (Å²) in [4.78, 5) is 0. The Balaban J connectivity index is 0.00000180. The second-order valence-electron chi connectivity index (χ2n) is 7.28. The van der Waals surface area contributed by atoms with E-state index in [0.717, 1.165) is 0 Å². The summed E-state index contributed by atoms with van der Waals surface area (Å²) in [6, 6.07) is 0. The van der Waals surface area contributed by atoms with E-state index < -0.39 is 17.4 Å². The topological polar surface area (TPSA) is 0 Å². The molecule has 0 radical (unpaired) electrons. The fraction of sp³-hybridized carbons (Fsp3) is 0.500. The molecular formula is C16H28Cl2SiZr. The number of allylic oxidation sites excluding steroid dienone is 8. The second-order valence-corrected chi connectivity index (χ2v) is 35.9. The molecule has 20 heavy (non-hydrogen) atoms. The first-order valence-electron chi connectivity index (χ1n) is 6.98. The summed E-state index contributed by atoms with van der Waals surface area (Å²) in [7, 11) is 0. The molecule has 0 aromatic carbocycles. The first-order valence-corrected chi connectivity index (χ1v) is 20.3. The van der Waals surface area contributed by atoms with Crippen molar-refractivity contribution in [1.82, 2.24) is 0 Å². The van der Waals surface area contributed by atoms with Crippen LogP contribution in [0, 0.1) is 11.8 Å². The Morgan fingerprint density at radius 1 is 0.850 bits per heavy atom. The van der Waals surface area contributed by atoms with Gasteiger partial charge in [-0.05, 0) is 0 Å². The molecule has 2 unspecified atom stereocenters. The molecule has 0 spiro atoms. The fourth-order valence-electron chi connectivity index (χ4n) is 3.91. The van der Waals surface area contributed by atoms with Crippen LogP contribution in [0.15, 0.2) is 42.0 Å². The van der Waals surface area contributed by atoms with E-state index in [4.69, 9.17) is 0 Å². The van der Waals surface area contributed by atoms with Crippen molar-refractivity contribution in [1.29, 1.82) is 0 Å². The van der Waals surface area contributed by atoms with Crippen LogP contribution in [-0.4, -0.2) is 6.88 Å².